The number of nitrogens with one attached hydrogen (secondary N) is 1. The van der Waals surface area contributed by atoms with Crippen molar-refractivity contribution in [2.24, 2.45) is 0 Å². The Morgan fingerprint density at radius 1 is 1.33 bits per heavy atom. The molecular weight excluding hydrogens is 210 g/mol. The lowest BCUT2D eigenvalue weighted by molar-refractivity contribution is 0.546. The molecule has 2 rings (SSSR count). The molecule has 3 nitrogen and oxygen atoms in total. The first kappa shape index (κ1) is 10.6. The van der Waals surface area contributed by atoms with Crippen LogP contribution in [0.4, 0.5) is 0 Å². The molecule has 1 aromatic carbocycles. The largest absolute Gasteiger partial charge is 0.241 e. The Labute approximate surface area is 90.6 Å². The number of sulfonamides is 1. The molecule has 0 aliphatic carbocycles. The number of hydrogen-bond donors (Lipinski definition) is 1. The summed E-state index contributed by atoms with van der Waals surface area (Å²) < 4.78 is 26.1. The minimum absolute atomic E-state index is 0.0221. The van der Waals surface area contributed by atoms with Gasteiger partial charge in [0.25, 0.3) is 0 Å². The van der Waals surface area contributed by atoms with E-state index < -0.39 is 10.0 Å². The molecule has 0 saturated carbocycles. The first-order valence-electron chi connectivity index (χ1n) is 5.26. The Hall–Kier alpha value is -0.870. The molecule has 1 atom stereocenters. The molecule has 0 saturated heterocycles. The van der Waals surface area contributed by atoms with Crippen molar-refractivity contribution in [2.45, 2.75) is 37.1 Å². The Morgan fingerprint density at radius 2 is 2.07 bits per heavy atom. The highest BCUT2D eigenvalue weighted by atomic mass is 32.2. The summed E-state index contributed by atoms with van der Waals surface area (Å²) in [5.41, 5.74) is 0.922. The molecular formula is C11H15NO2S. The zero-order valence-electron chi connectivity index (χ0n) is 8.73. The van der Waals surface area contributed by atoms with Crippen LogP contribution in [-0.2, 0) is 10.0 Å². The van der Waals surface area contributed by atoms with Gasteiger partial charge >= 0.3 is 0 Å². The fourth-order valence-corrected chi connectivity index (χ4v) is 3.47. The second-order valence-electron chi connectivity index (χ2n) is 3.85. The van der Waals surface area contributed by atoms with Gasteiger partial charge in [-0.25, -0.2) is 13.1 Å². The van der Waals surface area contributed by atoms with Gasteiger partial charge in [0.05, 0.1) is 4.90 Å². The van der Waals surface area contributed by atoms with Crippen LogP contribution in [0.25, 0.3) is 0 Å². The minimum Gasteiger partial charge on any atom is -0.207 e. The Balaban J connectivity index is 2.34. The maximum Gasteiger partial charge on any atom is 0.241 e. The number of rotatable bonds is 3. The molecule has 1 N–H and O–H groups in total. The van der Waals surface area contributed by atoms with Crippen molar-refractivity contribution in [3.63, 3.8) is 0 Å². The van der Waals surface area contributed by atoms with Gasteiger partial charge in [-0.05, 0) is 18.1 Å². The smallest absolute Gasteiger partial charge is 0.207 e. The van der Waals surface area contributed by atoms with E-state index in [4.69, 9.17) is 0 Å². The van der Waals surface area contributed by atoms with Gasteiger partial charge in [0.2, 0.25) is 10.0 Å². The van der Waals surface area contributed by atoms with Crippen LogP contribution in [0.5, 0.6) is 0 Å². The molecule has 0 fully saturated rings. The van der Waals surface area contributed by atoms with Crippen LogP contribution in [0.2, 0.25) is 0 Å². The Morgan fingerprint density at radius 3 is 2.80 bits per heavy atom. The average molecular weight is 225 g/mol. The van der Waals surface area contributed by atoms with Crippen molar-refractivity contribution >= 4 is 10.0 Å². The van der Waals surface area contributed by atoms with Crippen molar-refractivity contribution in [1.29, 1.82) is 0 Å². The first-order chi connectivity index (χ1) is 7.15. The summed E-state index contributed by atoms with van der Waals surface area (Å²) in [5, 5.41) is 0. The number of unbranched alkanes of at least 4 members (excludes halogenated alkanes) is 1. The minimum atomic E-state index is -3.24. The van der Waals surface area contributed by atoms with Gasteiger partial charge in [-0.15, -0.1) is 0 Å². The highest BCUT2D eigenvalue weighted by Gasteiger charge is 2.32. The van der Waals surface area contributed by atoms with Crippen molar-refractivity contribution < 1.29 is 8.42 Å². The third-order valence-corrected chi connectivity index (χ3v) is 4.27. The summed E-state index contributed by atoms with van der Waals surface area (Å²) in [6.07, 6.45) is 3.01. The molecule has 0 spiro atoms. The molecule has 1 heterocycles. The summed E-state index contributed by atoms with van der Waals surface area (Å²) in [6.45, 7) is 2.11. The van der Waals surface area contributed by atoms with Crippen LogP contribution >= 0.6 is 0 Å². The SMILES string of the molecule is CCCC[C@H]1NS(=O)(=O)c2ccccc21. The molecule has 1 aromatic rings. The molecule has 1 aliphatic heterocycles. The van der Waals surface area contributed by atoms with E-state index in [2.05, 4.69) is 11.6 Å². The summed E-state index contributed by atoms with van der Waals surface area (Å²) in [7, 11) is -3.24. The second kappa shape index (κ2) is 3.94. The van der Waals surface area contributed by atoms with Gasteiger partial charge in [-0.1, -0.05) is 38.0 Å². The van der Waals surface area contributed by atoms with Gasteiger partial charge in [0.15, 0.2) is 0 Å². The summed E-state index contributed by atoms with van der Waals surface area (Å²) >= 11 is 0. The molecule has 4 heteroatoms. The first-order valence-corrected chi connectivity index (χ1v) is 6.74. The third-order valence-electron chi connectivity index (χ3n) is 2.73. The Kier molecular flexibility index (Phi) is 2.80. The quantitative estimate of drug-likeness (QED) is 0.857. The molecule has 0 radical (unpaired) electrons. The highest BCUT2D eigenvalue weighted by Crippen LogP contribution is 2.33. The van der Waals surface area contributed by atoms with E-state index in [1.807, 2.05) is 12.1 Å². The number of benzene rings is 1. The summed E-state index contributed by atoms with van der Waals surface area (Å²) in [5.74, 6) is 0. The van der Waals surface area contributed by atoms with Crippen LogP contribution in [0.3, 0.4) is 0 Å². The second-order valence-corrected chi connectivity index (χ2v) is 5.54. The Bertz CT molecular complexity index is 453. The number of hydrogen-bond acceptors (Lipinski definition) is 2. The van der Waals surface area contributed by atoms with Gasteiger partial charge < -0.3 is 0 Å². The maximum absolute atomic E-state index is 11.7. The molecule has 82 valence electrons. The van der Waals surface area contributed by atoms with E-state index in [0.717, 1.165) is 24.8 Å². The van der Waals surface area contributed by atoms with E-state index in [-0.39, 0.29) is 6.04 Å². The third kappa shape index (κ3) is 1.92. The normalized spacial score (nSPS) is 22.6. The van der Waals surface area contributed by atoms with E-state index in [1.54, 1.807) is 12.1 Å². The van der Waals surface area contributed by atoms with Gasteiger partial charge in [-0.2, -0.15) is 0 Å². The molecule has 0 amide bonds. The molecule has 0 bridgehead atoms. The lowest BCUT2D eigenvalue weighted by atomic mass is 10.0. The van der Waals surface area contributed by atoms with Crippen molar-refractivity contribution in [1.82, 2.24) is 4.72 Å². The van der Waals surface area contributed by atoms with Crippen LogP contribution in [0.15, 0.2) is 29.2 Å². The van der Waals surface area contributed by atoms with E-state index in [9.17, 15) is 8.42 Å². The topological polar surface area (TPSA) is 46.2 Å². The standard InChI is InChI=1S/C11H15NO2S/c1-2-3-7-10-9-6-4-5-8-11(9)15(13,14)12-10/h4-6,8,10,12H,2-3,7H2,1H3/t10-/m1/s1. The lowest BCUT2D eigenvalue weighted by Crippen LogP contribution is -2.19. The zero-order valence-corrected chi connectivity index (χ0v) is 9.55. The monoisotopic (exact) mass is 225 g/mol. The molecule has 0 unspecified atom stereocenters. The van der Waals surface area contributed by atoms with E-state index >= 15 is 0 Å². The predicted molar refractivity (Wildman–Crippen MR) is 59.0 cm³/mol. The van der Waals surface area contributed by atoms with Crippen LogP contribution in [-0.4, -0.2) is 8.42 Å². The fraction of sp³-hybridized carbons (Fsp3) is 0.455. The van der Waals surface area contributed by atoms with Gasteiger partial charge in [0, 0.05) is 6.04 Å². The van der Waals surface area contributed by atoms with E-state index in [0.29, 0.717) is 4.90 Å². The molecule has 1 aliphatic rings. The van der Waals surface area contributed by atoms with Gasteiger partial charge in [-0.3, -0.25) is 0 Å². The summed E-state index contributed by atoms with van der Waals surface area (Å²) in [4.78, 5) is 0.450. The lowest BCUT2D eigenvalue weighted by Gasteiger charge is -2.08. The van der Waals surface area contributed by atoms with Crippen molar-refractivity contribution in [2.75, 3.05) is 0 Å². The van der Waals surface area contributed by atoms with Crippen molar-refractivity contribution in [3.05, 3.63) is 29.8 Å². The van der Waals surface area contributed by atoms with Gasteiger partial charge in [0.1, 0.15) is 0 Å². The zero-order chi connectivity index (χ0) is 10.9. The van der Waals surface area contributed by atoms with E-state index in [1.165, 1.54) is 0 Å². The average Bonchev–Trinajstić information content (AvgIpc) is 2.49. The van der Waals surface area contributed by atoms with Crippen LogP contribution in [0.1, 0.15) is 37.8 Å². The molecule has 0 aromatic heterocycles. The predicted octanol–water partition coefficient (Wildman–Crippen LogP) is 2.21. The van der Waals surface area contributed by atoms with Crippen molar-refractivity contribution in [3.8, 4) is 0 Å². The van der Waals surface area contributed by atoms with Crippen LogP contribution in [0, 0.1) is 0 Å². The maximum atomic E-state index is 11.7. The fourth-order valence-electron chi connectivity index (χ4n) is 1.95. The summed E-state index contributed by atoms with van der Waals surface area (Å²) in [6, 6.07) is 7.20. The molecule has 15 heavy (non-hydrogen) atoms. The number of fused-ring (bicyclic) bond motifs is 1. The van der Waals surface area contributed by atoms with Crippen LogP contribution < -0.4 is 4.72 Å². The highest BCUT2D eigenvalue weighted by molar-refractivity contribution is 7.89.